The Labute approximate surface area is 229 Å². The number of aromatic nitrogens is 3. The molecule has 0 aliphatic heterocycles. The molecule has 5 aromatic rings. The number of anilines is 1. The van der Waals surface area contributed by atoms with E-state index >= 15 is 0 Å². The number of carbonyl (C=O) groups excluding carboxylic acids is 2. The third kappa shape index (κ3) is 4.44. The minimum atomic E-state index is -0.885. The van der Waals surface area contributed by atoms with Crippen LogP contribution in [0.1, 0.15) is 42.5 Å². The molecule has 0 aliphatic rings. The number of hydrogen-bond acceptors (Lipinski definition) is 9. The van der Waals surface area contributed by atoms with Gasteiger partial charge in [-0.05, 0) is 53.9 Å². The predicted octanol–water partition coefficient (Wildman–Crippen LogP) is 4.26. The second-order valence-electron chi connectivity index (χ2n) is 8.58. The summed E-state index contributed by atoms with van der Waals surface area (Å²) in [6.45, 7) is 3.68. The zero-order chi connectivity index (χ0) is 27.1. The molecule has 0 radical (unpaired) electrons. The normalized spacial score (nSPS) is 11.2. The molecule has 9 nitrogen and oxygen atoms in total. The largest absolute Gasteiger partial charge is 0.539 e. The van der Waals surface area contributed by atoms with Gasteiger partial charge in [0.1, 0.15) is 15.5 Å². The molecule has 192 valence electrons. The summed E-state index contributed by atoms with van der Waals surface area (Å²) < 4.78 is 12.0. The van der Waals surface area contributed by atoms with Crippen molar-refractivity contribution in [2.75, 3.05) is 12.8 Å². The zero-order valence-corrected chi connectivity index (χ0v) is 23.0. The molecule has 3 heterocycles. The molecule has 0 atom stereocenters. The molecule has 0 aliphatic carbocycles. The van der Waals surface area contributed by atoms with Gasteiger partial charge in [-0.15, -0.1) is 11.3 Å². The maximum Gasteiger partial charge on any atom is 0.312 e. The van der Waals surface area contributed by atoms with E-state index in [9.17, 15) is 14.7 Å². The van der Waals surface area contributed by atoms with Crippen molar-refractivity contribution < 1.29 is 28.6 Å². The van der Waals surface area contributed by atoms with Crippen molar-refractivity contribution in [3.8, 4) is 17.4 Å². The van der Waals surface area contributed by atoms with E-state index in [0.717, 1.165) is 31.6 Å². The number of thiophene rings is 1. The molecule has 0 spiro atoms. The molecule has 2 aromatic carbocycles. The maximum absolute atomic E-state index is 13.6. The number of halogens is 1. The first-order chi connectivity index (χ1) is 18.2. The highest BCUT2D eigenvalue weighted by Gasteiger charge is 2.33. The Hall–Kier alpha value is -4.09. The van der Waals surface area contributed by atoms with Crippen molar-refractivity contribution in [3.05, 3.63) is 86.0 Å². The molecular weight excluding hydrogens is 572 g/mol. The Morgan fingerprint density at radius 1 is 1.13 bits per heavy atom. The summed E-state index contributed by atoms with van der Waals surface area (Å²) in [5.74, 6) is -0.967. The number of fused-ring (bicyclic) bond motifs is 1. The van der Waals surface area contributed by atoms with Gasteiger partial charge in [-0.3, -0.25) is 9.59 Å². The lowest BCUT2D eigenvalue weighted by Crippen LogP contribution is -2.39. The van der Waals surface area contributed by atoms with Gasteiger partial charge in [-0.25, -0.2) is 4.98 Å². The standard InChI is InChI=1S/C27H21BrN4O5S/c1-13-19(12-20(33)15-4-6-16(28)7-5-15)14(2)30-26-21(13)22(29)25(38-26)24(34)23-27(35)37-31-32(23)17-8-10-18(36-3)11-9-17/h4-11H,12H2,1-3H3,(H2-,29,31,34,35). The smallest absolute Gasteiger partial charge is 0.312 e. The van der Waals surface area contributed by atoms with Gasteiger partial charge in [-0.1, -0.05) is 28.1 Å². The van der Waals surface area contributed by atoms with E-state index in [1.54, 1.807) is 36.4 Å². The van der Waals surface area contributed by atoms with Crippen molar-refractivity contribution in [2.45, 2.75) is 20.3 Å². The van der Waals surface area contributed by atoms with Crippen LogP contribution in [0.5, 0.6) is 11.7 Å². The Bertz CT molecular complexity index is 1710. The molecule has 5 rings (SSSR count). The monoisotopic (exact) mass is 592 g/mol. The molecule has 11 heteroatoms. The maximum atomic E-state index is 13.6. The van der Waals surface area contributed by atoms with Crippen molar-refractivity contribution in [1.29, 1.82) is 0 Å². The van der Waals surface area contributed by atoms with Crippen LogP contribution in [0.3, 0.4) is 0 Å². The minimum absolute atomic E-state index is 0.0593. The van der Waals surface area contributed by atoms with Crippen molar-refractivity contribution in [2.24, 2.45) is 0 Å². The highest BCUT2D eigenvalue weighted by molar-refractivity contribution is 9.10. The number of hydrogen-bond donors (Lipinski definition) is 1. The molecule has 0 unspecified atom stereocenters. The van der Waals surface area contributed by atoms with Gasteiger partial charge in [0.2, 0.25) is 5.69 Å². The lowest BCUT2D eigenvalue weighted by atomic mass is 9.96. The number of pyridine rings is 1. The molecule has 0 amide bonds. The summed E-state index contributed by atoms with van der Waals surface area (Å²) in [4.78, 5) is 31.9. The molecule has 0 saturated carbocycles. The van der Waals surface area contributed by atoms with E-state index in [1.165, 1.54) is 7.11 Å². The second-order valence-corrected chi connectivity index (χ2v) is 10.5. The van der Waals surface area contributed by atoms with Crippen molar-refractivity contribution in [3.63, 3.8) is 0 Å². The molecular formula is C27H21BrN4O5S. The van der Waals surface area contributed by atoms with Crippen LogP contribution in [0.4, 0.5) is 5.69 Å². The van der Waals surface area contributed by atoms with E-state index in [-0.39, 0.29) is 28.5 Å². The Balaban J connectivity index is 1.55. The molecule has 0 fully saturated rings. The summed E-state index contributed by atoms with van der Waals surface area (Å²) in [5, 5.41) is 16.9. The average molecular weight is 593 g/mol. The Kier molecular flexibility index (Phi) is 6.72. The number of Topliss-reactive ketones (excluding diaryl/α,β-unsaturated/α-hetero) is 1. The predicted molar refractivity (Wildman–Crippen MR) is 143 cm³/mol. The van der Waals surface area contributed by atoms with Crippen LogP contribution in [0.15, 0.2) is 57.5 Å². The van der Waals surface area contributed by atoms with Gasteiger partial charge >= 0.3 is 5.69 Å². The van der Waals surface area contributed by atoms with Gasteiger partial charge < -0.3 is 20.1 Å². The third-order valence-electron chi connectivity index (χ3n) is 6.31. The van der Waals surface area contributed by atoms with Crippen LogP contribution in [-0.2, 0) is 6.42 Å². The number of aryl methyl sites for hydroxylation is 2. The average Bonchev–Trinajstić information content (AvgIpc) is 3.46. The summed E-state index contributed by atoms with van der Waals surface area (Å²) in [5.41, 5.74) is 9.60. The van der Waals surface area contributed by atoms with Crippen LogP contribution in [0.25, 0.3) is 15.9 Å². The summed E-state index contributed by atoms with van der Waals surface area (Å²) in [6.07, 6.45) is 0.134. The summed E-state index contributed by atoms with van der Waals surface area (Å²) >= 11 is 4.46. The van der Waals surface area contributed by atoms with E-state index in [4.69, 9.17) is 15.0 Å². The number of benzene rings is 2. The third-order valence-corrected chi connectivity index (χ3v) is 7.94. The van der Waals surface area contributed by atoms with E-state index in [0.29, 0.717) is 32.9 Å². The number of nitrogen functional groups attached to an aromatic ring is 1. The number of rotatable bonds is 7. The van der Waals surface area contributed by atoms with E-state index in [2.05, 4.69) is 26.2 Å². The highest BCUT2D eigenvalue weighted by Crippen LogP contribution is 2.38. The van der Waals surface area contributed by atoms with Gasteiger partial charge in [0, 0.05) is 39.7 Å². The second kappa shape index (κ2) is 9.99. The fourth-order valence-corrected chi connectivity index (χ4v) is 5.69. The Morgan fingerprint density at radius 2 is 1.82 bits per heavy atom. The number of ketones is 2. The van der Waals surface area contributed by atoms with Gasteiger partial charge in [-0.2, -0.15) is 0 Å². The van der Waals surface area contributed by atoms with E-state index < -0.39 is 11.7 Å². The van der Waals surface area contributed by atoms with Gasteiger partial charge in [0.05, 0.1) is 18.1 Å². The Morgan fingerprint density at radius 3 is 2.47 bits per heavy atom. The fraction of sp³-hybridized carbons (Fsp3) is 0.148. The quantitative estimate of drug-likeness (QED) is 0.219. The summed E-state index contributed by atoms with van der Waals surface area (Å²) in [6, 6.07) is 13.8. The lowest BCUT2D eigenvalue weighted by Gasteiger charge is -2.11. The van der Waals surface area contributed by atoms with Crippen molar-refractivity contribution >= 4 is 54.7 Å². The number of methoxy groups -OCH3 is 1. The SMILES string of the molecule is COc1ccc(-[n+]2noc([O-])c2C(=O)c2sc3nc(C)c(CC(=O)c4ccc(Br)cc4)c(C)c3c2N)cc1. The van der Waals surface area contributed by atoms with Crippen LogP contribution < -0.4 is 20.3 Å². The molecule has 38 heavy (non-hydrogen) atoms. The van der Waals surface area contributed by atoms with Crippen LogP contribution in [0.2, 0.25) is 0 Å². The number of nitrogens with two attached hydrogens (primary N) is 1. The first kappa shape index (κ1) is 25.6. The first-order valence-electron chi connectivity index (χ1n) is 11.4. The number of nitrogens with zero attached hydrogens (tertiary/aromatic N) is 3. The zero-order valence-electron chi connectivity index (χ0n) is 20.6. The minimum Gasteiger partial charge on any atom is -0.539 e. The highest BCUT2D eigenvalue weighted by atomic mass is 79.9. The summed E-state index contributed by atoms with van der Waals surface area (Å²) in [7, 11) is 1.53. The van der Waals surface area contributed by atoms with Crippen molar-refractivity contribution in [1.82, 2.24) is 10.3 Å². The molecule has 2 N–H and O–H groups in total. The van der Waals surface area contributed by atoms with Crippen LogP contribution in [0, 0.1) is 13.8 Å². The van der Waals surface area contributed by atoms with Crippen LogP contribution >= 0.6 is 27.3 Å². The van der Waals surface area contributed by atoms with Gasteiger partial charge in [0.25, 0.3) is 5.78 Å². The molecule has 0 bridgehead atoms. The topological polar surface area (TPSA) is 135 Å². The molecule has 0 saturated heterocycles. The fourth-order valence-electron chi connectivity index (χ4n) is 4.29. The van der Waals surface area contributed by atoms with Gasteiger partial charge in [0.15, 0.2) is 11.7 Å². The number of ether oxygens (including phenoxy) is 1. The lowest BCUT2D eigenvalue weighted by molar-refractivity contribution is -0.672. The number of carbonyl (C=O) groups is 2. The van der Waals surface area contributed by atoms with E-state index in [1.807, 2.05) is 26.0 Å². The van der Waals surface area contributed by atoms with Crippen LogP contribution in [-0.4, -0.2) is 28.9 Å². The molecule has 3 aromatic heterocycles. The first-order valence-corrected chi connectivity index (χ1v) is 13.1.